The molecule has 7 heteroatoms. The molecule has 2 aliphatic heterocycles. The van der Waals surface area contributed by atoms with Crippen LogP contribution < -0.4 is 10.2 Å². The SMILES string of the molecule is Cc1cccc(C(C)C)c1NC(=O)c1ccc2c(c1)S(=O)(=O)N=C1CCCCCN12. The lowest BCUT2D eigenvalue weighted by atomic mass is 9.98. The fraction of sp³-hybridized carbons (Fsp3) is 0.391. The van der Waals surface area contributed by atoms with Crippen LogP contribution in [0.25, 0.3) is 0 Å². The van der Waals surface area contributed by atoms with E-state index in [2.05, 4.69) is 23.6 Å². The van der Waals surface area contributed by atoms with E-state index < -0.39 is 10.0 Å². The number of amidine groups is 1. The Morgan fingerprint density at radius 3 is 2.70 bits per heavy atom. The Hall–Kier alpha value is -2.67. The molecule has 1 fully saturated rings. The van der Waals surface area contributed by atoms with Gasteiger partial charge in [0.05, 0.1) is 5.69 Å². The lowest BCUT2D eigenvalue weighted by Crippen LogP contribution is -2.35. The molecule has 1 N–H and O–H groups in total. The van der Waals surface area contributed by atoms with Crippen molar-refractivity contribution in [3.8, 4) is 0 Å². The summed E-state index contributed by atoms with van der Waals surface area (Å²) in [5, 5.41) is 2.99. The molecule has 6 nitrogen and oxygen atoms in total. The lowest BCUT2D eigenvalue weighted by Gasteiger charge is -2.29. The van der Waals surface area contributed by atoms with Crippen molar-refractivity contribution in [2.75, 3.05) is 16.8 Å². The van der Waals surface area contributed by atoms with E-state index in [1.807, 2.05) is 30.0 Å². The number of nitrogens with zero attached hydrogens (tertiary/aromatic N) is 2. The van der Waals surface area contributed by atoms with Crippen molar-refractivity contribution in [1.82, 2.24) is 0 Å². The molecule has 0 spiro atoms. The number of benzene rings is 2. The smallest absolute Gasteiger partial charge is 0.286 e. The summed E-state index contributed by atoms with van der Waals surface area (Å²) in [5.41, 5.74) is 3.73. The Morgan fingerprint density at radius 1 is 1.13 bits per heavy atom. The number of nitrogens with one attached hydrogen (secondary N) is 1. The topological polar surface area (TPSA) is 78.8 Å². The number of fused-ring (bicyclic) bond motifs is 3. The Kier molecular flexibility index (Phi) is 5.40. The molecule has 0 radical (unpaired) electrons. The van der Waals surface area contributed by atoms with Crippen LogP contribution in [0.5, 0.6) is 0 Å². The number of amides is 1. The van der Waals surface area contributed by atoms with Gasteiger partial charge in [0.25, 0.3) is 15.9 Å². The molecule has 0 aliphatic carbocycles. The maximum absolute atomic E-state index is 13.0. The average Bonchev–Trinajstić information content (AvgIpc) is 2.93. The molecule has 4 rings (SSSR count). The lowest BCUT2D eigenvalue weighted by molar-refractivity contribution is 0.102. The zero-order valence-corrected chi connectivity index (χ0v) is 18.4. The number of aryl methyl sites for hydroxylation is 1. The summed E-state index contributed by atoms with van der Waals surface area (Å²) in [5.74, 6) is 0.536. The van der Waals surface area contributed by atoms with Crippen molar-refractivity contribution in [1.29, 1.82) is 0 Å². The van der Waals surface area contributed by atoms with E-state index in [1.54, 1.807) is 12.1 Å². The highest BCUT2D eigenvalue weighted by Gasteiger charge is 2.32. The van der Waals surface area contributed by atoms with E-state index in [0.29, 0.717) is 23.5 Å². The quantitative estimate of drug-likeness (QED) is 0.762. The van der Waals surface area contributed by atoms with E-state index in [9.17, 15) is 13.2 Å². The number of sulfonamides is 1. The standard InChI is InChI=1S/C23H27N3O3S/c1-15(2)18-9-7-8-16(3)22(18)24-23(27)17-11-12-19-20(14-17)30(28,29)25-21-10-5-4-6-13-26(19)21/h7-9,11-12,14-15H,4-6,10,13H2,1-3H3,(H,24,27). The normalized spacial score (nSPS) is 17.6. The van der Waals surface area contributed by atoms with Crippen molar-refractivity contribution in [2.24, 2.45) is 4.40 Å². The van der Waals surface area contributed by atoms with E-state index >= 15 is 0 Å². The Morgan fingerprint density at radius 2 is 1.93 bits per heavy atom. The van der Waals surface area contributed by atoms with Crippen LogP contribution in [-0.2, 0) is 10.0 Å². The first-order chi connectivity index (χ1) is 14.3. The second-order valence-electron chi connectivity index (χ2n) is 8.28. The minimum atomic E-state index is -3.82. The molecule has 2 heterocycles. The molecule has 0 bridgehead atoms. The van der Waals surface area contributed by atoms with Gasteiger partial charge in [-0.15, -0.1) is 4.40 Å². The van der Waals surface area contributed by atoms with Crippen LogP contribution in [0, 0.1) is 6.92 Å². The number of rotatable bonds is 3. The number of para-hydroxylation sites is 1. The van der Waals surface area contributed by atoms with E-state index in [-0.39, 0.29) is 16.7 Å². The zero-order valence-electron chi connectivity index (χ0n) is 17.6. The van der Waals surface area contributed by atoms with Gasteiger partial charge < -0.3 is 10.2 Å². The van der Waals surface area contributed by atoms with Gasteiger partial charge in [0.2, 0.25) is 0 Å². The van der Waals surface area contributed by atoms with Gasteiger partial charge in [0.1, 0.15) is 10.7 Å². The predicted octanol–water partition coefficient (Wildman–Crippen LogP) is 4.85. The van der Waals surface area contributed by atoms with Gasteiger partial charge in [-0.1, -0.05) is 38.5 Å². The van der Waals surface area contributed by atoms with Crippen LogP contribution in [-0.4, -0.2) is 26.7 Å². The summed E-state index contributed by atoms with van der Waals surface area (Å²) >= 11 is 0. The molecule has 30 heavy (non-hydrogen) atoms. The van der Waals surface area contributed by atoms with Crippen LogP contribution in [0.1, 0.15) is 66.9 Å². The summed E-state index contributed by atoms with van der Waals surface area (Å²) in [4.78, 5) is 15.1. The maximum atomic E-state index is 13.0. The fourth-order valence-corrected chi connectivity index (χ4v) is 5.43. The first kappa shape index (κ1) is 20.6. The number of carbonyl (C=O) groups excluding carboxylic acids is 1. The number of carbonyl (C=O) groups is 1. The Labute approximate surface area is 178 Å². The van der Waals surface area contributed by atoms with Gasteiger partial charge in [0.15, 0.2) is 0 Å². The molecule has 2 aromatic rings. The van der Waals surface area contributed by atoms with Crippen LogP contribution in [0.3, 0.4) is 0 Å². The largest absolute Gasteiger partial charge is 0.328 e. The minimum Gasteiger partial charge on any atom is -0.328 e. The Bertz CT molecular complexity index is 1140. The summed E-state index contributed by atoms with van der Waals surface area (Å²) in [7, 11) is -3.82. The third-order valence-corrected chi connectivity index (χ3v) is 7.11. The van der Waals surface area contributed by atoms with Crippen molar-refractivity contribution in [2.45, 2.75) is 57.3 Å². The molecule has 0 saturated carbocycles. The maximum Gasteiger partial charge on any atom is 0.286 e. The molecule has 0 unspecified atom stereocenters. The molecular weight excluding hydrogens is 398 g/mol. The summed E-state index contributed by atoms with van der Waals surface area (Å²) < 4.78 is 29.7. The van der Waals surface area contributed by atoms with Crippen molar-refractivity contribution >= 4 is 33.1 Å². The van der Waals surface area contributed by atoms with Gasteiger partial charge in [-0.05, 0) is 55.0 Å². The van der Waals surface area contributed by atoms with E-state index in [4.69, 9.17) is 0 Å². The molecule has 2 aromatic carbocycles. The average molecular weight is 426 g/mol. The number of hydrogen-bond acceptors (Lipinski definition) is 4. The zero-order chi connectivity index (χ0) is 21.5. The predicted molar refractivity (Wildman–Crippen MR) is 120 cm³/mol. The second kappa shape index (κ2) is 7.87. The van der Waals surface area contributed by atoms with Gasteiger partial charge in [-0.3, -0.25) is 4.79 Å². The third-order valence-electron chi connectivity index (χ3n) is 5.78. The third kappa shape index (κ3) is 3.74. The van der Waals surface area contributed by atoms with Crippen molar-refractivity contribution < 1.29 is 13.2 Å². The van der Waals surface area contributed by atoms with Crippen molar-refractivity contribution in [3.05, 3.63) is 53.1 Å². The number of anilines is 2. The van der Waals surface area contributed by atoms with Crippen LogP contribution >= 0.6 is 0 Å². The van der Waals surface area contributed by atoms with Gasteiger partial charge >= 0.3 is 0 Å². The molecule has 158 valence electrons. The summed E-state index contributed by atoms with van der Waals surface area (Å²) in [6, 6.07) is 10.8. The number of hydrogen-bond donors (Lipinski definition) is 1. The highest BCUT2D eigenvalue weighted by atomic mass is 32.2. The summed E-state index contributed by atoms with van der Waals surface area (Å²) in [6.45, 7) is 6.85. The second-order valence-corrected chi connectivity index (χ2v) is 9.85. The van der Waals surface area contributed by atoms with Crippen LogP contribution in [0.15, 0.2) is 45.7 Å². The monoisotopic (exact) mass is 425 g/mol. The molecule has 1 amide bonds. The molecule has 0 aromatic heterocycles. The first-order valence-corrected chi connectivity index (χ1v) is 11.9. The van der Waals surface area contributed by atoms with Gasteiger partial charge in [-0.25, -0.2) is 0 Å². The highest BCUT2D eigenvalue weighted by molar-refractivity contribution is 7.90. The van der Waals surface area contributed by atoms with Crippen molar-refractivity contribution in [3.63, 3.8) is 0 Å². The Balaban J connectivity index is 1.70. The first-order valence-electron chi connectivity index (χ1n) is 10.4. The molecule has 0 atom stereocenters. The molecular formula is C23H27N3O3S. The molecule has 1 saturated heterocycles. The van der Waals surface area contributed by atoms with E-state index in [0.717, 1.165) is 42.6 Å². The molecule has 2 aliphatic rings. The van der Waals surface area contributed by atoms with Crippen LogP contribution in [0.4, 0.5) is 11.4 Å². The van der Waals surface area contributed by atoms with E-state index in [1.165, 1.54) is 6.07 Å². The minimum absolute atomic E-state index is 0.106. The fourth-order valence-electron chi connectivity index (χ4n) is 4.15. The summed E-state index contributed by atoms with van der Waals surface area (Å²) in [6.07, 6.45) is 3.65. The van der Waals surface area contributed by atoms with Gasteiger partial charge in [0, 0.05) is 24.2 Å². The van der Waals surface area contributed by atoms with Crippen LogP contribution in [0.2, 0.25) is 0 Å². The van der Waals surface area contributed by atoms with Gasteiger partial charge in [-0.2, -0.15) is 8.42 Å². The highest BCUT2D eigenvalue weighted by Crippen LogP contribution is 2.35.